The maximum absolute atomic E-state index is 13.6. The molecule has 0 bridgehead atoms. The first-order chi connectivity index (χ1) is 9.28. The quantitative estimate of drug-likeness (QED) is 0.703. The Balaban J connectivity index is 2.03. The molecule has 19 heavy (non-hydrogen) atoms. The number of hydrogen-bond donors (Lipinski definition) is 0. The number of aromatic nitrogens is 3. The van der Waals surface area contributed by atoms with Crippen molar-refractivity contribution >= 4 is 5.65 Å². The minimum Gasteiger partial charge on any atom is -0.286 e. The number of hydrogen-bond acceptors (Lipinski definition) is 3. The van der Waals surface area contributed by atoms with Gasteiger partial charge in [0, 0.05) is 18.7 Å². The Morgan fingerprint density at radius 2 is 2.05 bits per heavy atom. The van der Waals surface area contributed by atoms with Crippen LogP contribution in [0.5, 0.6) is 0 Å². The molecular formula is C14H9FN4. The van der Waals surface area contributed by atoms with Crippen molar-refractivity contribution in [3.05, 3.63) is 65.4 Å². The van der Waals surface area contributed by atoms with Gasteiger partial charge < -0.3 is 0 Å². The first-order valence-electron chi connectivity index (χ1n) is 5.75. The summed E-state index contributed by atoms with van der Waals surface area (Å²) in [5.74, 6) is 0.387. The molecule has 0 saturated carbocycles. The topological polar surface area (TPSA) is 54.0 Å². The molecule has 0 aliphatic rings. The van der Waals surface area contributed by atoms with Crippen LogP contribution in [0, 0.1) is 17.1 Å². The molecule has 1 aromatic carbocycles. The van der Waals surface area contributed by atoms with Crippen molar-refractivity contribution in [2.45, 2.75) is 6.42 Å². The number of nitriles is 1. The van der Waals surface area contributed by atoms with Gasteiger partial charge in [0.1, 0.15) is 11.6 Å². The monoisotopic (exact) mass is 252 g/mol. The van der Waals surface area contributed by atoms with E-state index in [1.54, 1.807) is 40.9 Å². The molecule has 0 aliphatic carbocycles. The zero-order valence-electron chi connectivity index (χ0n) is 9.92. The van der Waals surface area contributed by atoms with E-state index in [-0.39, 0.29) is 5.82 Å². The maximum atomic E-state index is 13.6. The highest BCUT2D eigenvalue weighted by atomic mass is 19.1. The molecule has 0 unspecified atom stereocenters. The molecule has 3 aromatic rings. The third-order valence-corrected chi connectivity index (χ3v) is 2.92. The Bertz CT molecular complexity index is 785. The zero-order chi connectivity index (χ0) is 13.2. The van der Waals surface area contributed by atoms with E-state index in [0.29, 0.717) is 29.0 Å². The Hall–Kier alpha value is -2.74. The molecule has 2 heterocycles. The normalized spacial score (nSPS) is 10.5. The summed E-state index contributed by atoms with van der Waals surface area (Å²) in [6.07, 6.45) is 2.09. The van der Waals surface area contributed by atoms with Gasteiger partial charge in [-0.3, -0.25) is 4.40 Å². The smallest absolute Gasteiger partial charge is 0.162 e. The van der Waals surface area contributed by atoms with E-state index in [2.05, 4.69) is 10.2 Å². The van der Waals surface area contributed by atoms with E-state index in [1.165, 1.54) is 6.07 Å². The summed E-state index contributed by atoms with van der Waals surface area (Å²) >= 11 is 0. The van der Waals surface area contributed by atoms with Crippen molar-refractivity contribution in [1.82, 2.24) is 14.6 Å². The van der Waals surface area contributed by atoms with Crippen LogP contribution in [-0.2, 0) is 6.42 Å². The van der Waals surface area contributed by atoms with Gasteiger partial charge in [-0.25, -0.2) is 4.39 Å². The molecule has 5 heteroatoms. The SMILES string of the molecule is N#Cc1ccn2c(Cc3ccccc3F)nnc2c1. The van der Waals surface area contributed by atoms with Crippen molar-refractivity contribution in [3.8, 4) is 6.07 Å². The van der Waals surface area contributed by atoms with Crippen molar-refractivity contribution in [2.75, 3.05) is 0 Å². The van der Waals surface area contributed by atoms with Gasteiger partial charge >= 0.3 is 0 Å². The summed E-state index contributed by atoms with van der Waals surface area (Å²) in [5, 5.41) is 16.9. The van der Waals surface area contributed by atoms with Gasteiger partial charge in [-0.1, -0.05) is 18.2 Å². The highest BCUT2D eigenvalue weighted by molar-refractivity contribution is 5.45. The summed E-state index contributed by atoms with van der Waals surface area (Å²) in [5.41, 5.74) is 1.68. The van der Waals surface area contributed by atoms with E-state index in [4.69, 9.17) is 5.26 Å². The zero-order valence-corrected chi connectivity index (χ0v) is 9.92. The number of rotatable bonds is 2. The van der Waals surface area contributed by atoms with Gasteiger partial charge in [0.2, 0.25) is 0 Å². The summed E-state index contributed by atoms with van der Waals surface area (Å²) in [6, 6.07) is 12.0. The second-order valence-corrected chi connectivity index (χ2v) is 4.14. The van der Waals surface area contributed by atoms with Crippen molar-refractivity contribution in [1.29, 1.82) is 5.26 Å². The number of nitrogens with zero attached hydrogens (tertiary/aromatic N) is 4. The molecule has 0 fully saturated rings. The maximum Gasteiger partial charge on any atom is 0.162 e. The Morgan fingerprint density at radius 3 is 2.84 bits per heavy atom. The lowest BCUT2D eigenvalue weighted by Crippen LogP contribution is -1.98. The van der Waals surface area contributed by atoms with Gasteiger partial charge in [-0.2, -0.15) is 5.26 Å². The molecule has 0 amide bonds. The largest absolute Gasteiger partial charge is 0.286 e. The lowest BCUT2D eigenvalue weighted by Gasteiger charge is -2.02. The van der Waals surface area contributed by atoms with Crippen molar-refractivity contribution in [3.63, 3.8) is 0 Å². The summed E-state index contributed by atoms with van der Waals surface area (Å²) < 4.78 is 15.4. The molecule has 4 nitrogen and oxygen atoms in total. The van der Waals surface area contributed by atoms with Gasteiger partial charge in [0.05, 0.1) is 11.6 Å². The van der Waals surface area contributed by atoms with Gasteiger partial charge in [-0.15, -0.1) is 10.2 Å². The molecule has 0 N–H and O–H groups in total. The fraction of sp³-hybridized carbons (Fsp3) is 0.0714. The van der Waals surface area contributed by atoms with Crippen LogP contribution in [0.15, 0.2) is 42.6 Å². The third kappa shape index (κ3) is 2.04. The highest BCUT2D eigenvalue weighted by Crippen LogP contribution is 2.13. The van der Waals surface area contributed by atoms with E-state index in [9.17, 15) is 4.39 Å². The lowest BCUT2D eigenvalue weighted by atomic mass is 10.1. The first-order valence-corrected chi connectivity index (χ1v) is 5.75. The number of halogens is 1. The molecule has 2 aromatic heterocycles. The first kappa shape index (κ1) is 11.4. The van der Waals surface area contributed by atoms with Crippen LogP contribution in [-0.4, -0.2) is 14.6 Å². The van der Waals surface area contributed by atoms with Gasteiger partial charge in [-0.05, 0) is 17.7 Å². The molecule has 0 spiro atoms. The summed E-state index contributed by atoms with van der Waals surface area (Å²) in [7, 11) is 0. The van der Waals surface area contributed by atoms with Crippen LogP contribution in [0.1, 0.15) is 17.0 Å². The van der Waals surface area contributed by atoms with Crippen LogP contribution < -0.4 is 0 Å². The summed E-state index contributed by atoms with van der Waals surface area (Å²) in [6.45, 7) is 0. The van der Waals surface area contributed by atoms with Gasteiger partial charge in [0.15, 0.2) is 5.65 Å². The Labute approximate surface area is 108 Å². The summed E-state index contributed by atoms with van der Waals surface area (Å²) in [4.78, 5) is 0. The lowest BCUT2D eigenvalue weighted by molar-refractivity contribution is 0.611. The van der Waals surface area contributed by atoms with Crippen LogP contribution in [0.4, 0.5) is 4.39 Å². The van der Waals surface area contributed by atoms with E-state index >= 15 is 0 Å². The van der Waals surface area contributed by atoms with E-state index in [1.807, 2.05) is 6.07 Å². The molecular weight excluding hydrogens is 243 g/mol. The Kier molecular flexibility index (Phi) is 2.69. The minimum absolute atomic E-state index is 0.257. The Morgan fingerprint density at radius 1 is 1.21 bits per heavy atom. The fourth-order valence-electron chi connectivity index (χ4n) is 1.94. The molecule has 0 aliphatic heterocycles. The van der Waals surface area contributed by atoms with E-state index in [0.717, 1.165) is 0 Å². The highest BCUT2D eigenvalue weighted by Gasteiger charge is 2.09. The molecule has 3 rings (SSSR count). The average molecular weight is 252 g/mol. The number of benzene rings is 1. The van der Waals surface area contributed by atoms with Crippen LogP contribution in [0.25, 0.3) is 5.65 Å². The molecule has 0 radical (unpaired) electrons. The average Bonchev–Trinajstić information content (AvgIpc) is 2.83. The van der Waals surface area contributed by atoms with Crippen molar-refractivity contribution < 1.29 is 4.39 Å². The second kappa shape index (κ2) is 4.50. The second-order valence-electron chi connectivity index (χ2n) is 4.14. The van der Waals surface area contributed by atoms with Crippen LogP contribution >= 0.6 is 0 Å². The predicted octanol–water partition coefficient (Wildman–Crippen LogP) is 2.33. The predicted molar refractivity (Wildman–Crippen MR) is 66.9 cm³/mol. The standard InChI is InChI=1S/C14H9FN4/c15-12-4-2-1-3-11(12)8-14-18-17-13-7-10(9-16)5-6-19(13)14/h1-7H,8H2. The molecule has 0 saturated heterocycles. The fourth-order valence-corrected chi connectivity index (χ4v) is 1.94. The van der Waals surface area contributed by atoms with Crippen LogP contribution in [0.2, 0.25) is 0 Å². The minimum atomic E-state index is -0.257. The van der Waals surface area contributed by atoms with Crippen molar-refractivity contribution in [2.24, 2.45) is 0 Å². The van der Waals surface area contributed by atoms with Crippen LogP contribution in [0.3, 0.4) is 0 Å². The molecule has 92 valence electrons. The molecule has 0 atom stereocenters. The van der Waals surface area contributed by atoms with E-state index < -0.39 is 0 Å². The third-order valence-electron chi connectivity index (χ3n) is 2.92. The van der Waals surface area contributed by atoms with Gasteiger partial charge in [0.25, 0.3) is 0 Å². The number of fused-ring (bicyclic) bond motifs is 1. The number of pyridine rings is 1.